The first-order valence-corrected chi connectivity index (χ1v) is 8.48. The van der Waals surface area contributed by atoms with E-state index in [1.807, 2.05) is 23.6 Å². The highest BCUT2D eigenvalue weighted by Crippen LogP contribution is 2.46. The van der Waals surface area contributed by atoms with Crippen LogP contribution in [0.15, 0.2) is 4.52 Å². The summed E-state index contributed by atoms with van der Waals surface area (Å²) >= 11 is 1.94. The van der Waals surface area contributed by atoms with E-state index in [-0.39, 0.29) is 10.7 Å². The van der Waals surface area contributed by atoms with Gasteiger partial charge in [-0.3, -0.25) is 4.79 Å². The van der Waals surface area contributed by atoms with Gasteiger partial charge in [0.15, 0.2) is 0 Å². The molecular formula is C15H22N2O3S. The fraction of sp³-hybridized carbons (Fsp3) is 0.733. The zero-order valence-corrected chi connectivity index (χ0v) is 13.7. The number of carbonyl (C=O) groups excluding carboxylic acids is 1. The third kappa shape index (κ3) is 2.59. The maximum absolute atomic E-state index is 12.7. The molecule has 3 heterocycles. The molecule has 3 rings (SSSR count). The Bertz CT molecular complexity index is 537. The van der Waals surface area contributed by atoms with Crippen molar-refractivity contribution in [3.05, 3.63) is 17.0 Å². The van der Waals surface area contributed by atoms with Gasteiger partial charge in [-0.15, -0.1) is 11.8 Å². The lowest BCUT2D eigenvalue weighted by atomic mass is 9.92. The molecule has 1 aromatic heterocycles. The smallest absolute Gasteiger partial charge is 0.259 e. The van der Waals surface area contributed by atoms with Gasteiger partial charge >= 0.3 is 0 Å². The second-order valence-electron chi connectivity index (χ2n) is 6.03. The molecule has 1 spiro atoms. The average Bonchev–Trinajstić information content (AvgIpc) is 3.01. The van der Waals surface area contributed by atoms with Crippen LogP contribution >= 0.6 is 11.8 Å². The summed E-state index contributed by atoms with van der Waals surface area (Å²) in [6.45, 7) is 5.54. The van der Waals surface area contributed by atoms with E-state index in [9.17, 15) is 4.79 Å². The highest BCUT2D eigenvalue weighted by molar-refractivity contribution is 8.01. The summed E-state index contributed by atoms with van der Waals surface area (Å²) in [5, 5.41) is 3.96. The molecule has 0 aliphatic carbocycles. The van der Waals surface area contributed by atoms with Crippen LogP contribution in [0.1, 0.15) is 41.6 Å². The fourth-order valence-corrected chi connectivity index (χ4v) is 4.81. The summed E-state index contributed by atoms with van der Waals surface area (Å²) in [5.74, 6) is 1.84. The molecule has 1 aromatic rings. The van der Waals surface area contributed by atoms with Gasteiger partial charge in [-0.1, -0.05) is 12.1 Å². The van der Waals surface area contributed by atoms with Crippen LogP contribution in [-0.4, -0.2) is 52.8 Å². The lowest BCUT2D eigenvalue weighted by Gasteiger charge is -2.47. The van der Waals surface area contributed by atoms with Gasteiger partial charge in [-0.05, 0) is 19.8 Å². The first-order chi connectivity index (χ1) is 10.1. The molecule has 0 saturated carbocycles. The van der Waals surface area contributed by atoms with E-state index in [2.05, 4.69) is 12.1 Å². The Balaban J connectivity index is 1.67. The van der Waals surface area contributed by atoms with Crippen LogP contribution in [0, 0.1) is 6.92 Å². The number of aromatic nitrogens is 1. The number of nitrogens with zero attached hydrogens (tertiary/aromatic N) is 2. The van der Waals surface area contributed by atoms with Gasteiger partial charge in [0.2, 0.25) is 0 Å². The molecule has 2 aliphatic rings. The van der Waals surface area contributed by atoms with Crippen molar-refractivity contribution in [1.82, 2.24) is 10.1 Å². The number of aryl methyl sites for hydroxylation is 2. The minimum atomic E-state index is 0.0734. The minimum Gasteiger partial charge on any atom is -0.381 e. The highest BCUT2D eigenvalue weighted by Gasteiger charge is 2.51. The third-order valence-electron chi connectivity index (χ3n) is 4.38. The second-order valence-corrected chi connectivity index (χ2v) is 7.52. The minimum absolute atomic E-state index is 0.0734. The van der Waals surface area contributed by atoms with Gasteiger partial charge in [0.05, 0.1) is 16.5 Å². The molecule has 116 valence electrons. The normalized spacial score (nSPS) is 23.6. The SMILES string of the molecule is CCCc1onc(C)c1C(=O)N1CC2(CC(OC)CS2)C1. The number of hydrogen-bond donors (Lipinski definition) is 0. The van der Waals surface area contributed by atoms with Crippen LogP contribution in [0.25, 0.3) is 0 Å². The van der Waals surface area contributed by atoms with Crippen molar-refractivity contribution in [2.24, 2.45) is 0 Å². The Morgan fingerprint density at radius 2 is 2.33 bits per heavy atom. The second kappa shape index (κ2) is 5.65. The summed E-state index contributed by atoms with van der Waals surface area (Å²) < 4.78 is 11.0. The molecule has 0 aromatic carbocycles. The van der Waals surface area contributed by atoms with Gasteiger partial charge in [0, 0.05) is 32.4 Å². The van der Waals surface area contributed by atoms with E-state index < -0.39 is 0 Å². The number of likely N-dealkylation sites (tertiary alicyclic amines) is 1. The Morgan fingerprint density at radius 1 is 1.57 bits per heavy atom. The lowest BCUT2D eigenvalue weighted by Crippen LogP contribution is -2.60. The van der Waals surface area contributed by atoms with Crippen molar-refractivity contribution in [3.63, 3.8) is 0 Å². The monoisotopic (exact) mass is 310 g/mol. The molecule has 21 heavy (non-hydrogen) atoms. The Hall–Kier alpha value is -1.01. The summed E-state index contributed by atoms with van der Waals surface area (Å²) in [6.07, 6.45) is 3.09. The summed E-state index contributed by atoms with van der Waals surface area (Å²) in [6, 6.07) is 0. The van der Waals surface area contributed by atoms with E-state index in [0.29, 0.717) is 17.4 Å². The molecule has 2 fully saturated rings. The van der Waals surface area contributed by atoms with E-state index in [1.165, 1.54) is 0 Å². The molecule has 1 atom stereocenters. The molecule has 5 nitrogen and oxygen atoms in total. The average molecular weight is 310 g/mol. The van der Waals surface area contributed by atoms with E-state index in [1.54, 1.807) is 7.11 Å². The predicted octanol–water partition coefficient (Wildman–Crippen LogP) is 2.28. The number of carbonyl (C=O) groups is 1. The van der Waals surface area contributed by atoms with Crippen molar-refractivity contribution in [3.8, 4) is 0 Å². The molecule has 0 radical (unpaired) electrons. The Labute approximate surface area is 129 Å². The standard InChI is InChI=1S/C15H22N2O3S/c1-4-5-12-13(10(2)16-20-12)14(18)17-8-15(9-17)6-11(19-3)7-21-15/h11H,4-9H2,1-3H3. The molecular weight excluding hydrogens is 288 g/mol. The van der Waals surface area contributed by atoms with Crippen molar-refractivity contribution in [1.29, 1.82) is 0 Å². The molecule has 2 aliphatic heterocycles. The maximum atomic E-state index is 12.7. The maximum Gasteiger partial charge on any atom is 0.259 e. The van der Waals surface area contributed by atoms with Gasteiger partial charge in [0.25, 0.3) is 5.91 Å². The number of methoxy groups -OCH3 is 1. The largest absolute Gasteiger partial charge is 0.381 e. The van der Waals surface area contributed by atoms with Crippen molar-refractivity contribution in [2.45, 2.75) is 44.0 Å². The van der Waals surface area contributed by atoms with Crippen LogP contribution in [0.3, 0.4) is 0 Å². The zero-order valence-electron chi connectivity index (χ0n) is 12.8. The number of amides is 1. The van der Waals surface area contributed by atoms with E-state index >= 15 is 0 Å². The van der Waals surface area contributed by atoms with Crippen LogP contribution in [-0.2, 0) is 11.2 Å². The summed E-state index contributed by atoms with van der Waals surface area (Å²) in [4.78, 5) is 14.6. The molecule has 1 unspecified atom stereocenters. The van der Waals surface area contributed by atoms with E-state index in [4.69, 9.17) is 9.26 Å². The quantitative estimate of drug-likeness (QED) is 0.854. The highest BCUT2D eigenvalue weighted by atomic mass is 32.2. The van der Waals surface area contributed by atoms with Gasteiger partial charge in [-0.25, -0.2) is 0 Å². The van der Waals surface area contributed by atoms with Crippen molar-refractivity contribution < 1.29 is 14.1 Å². The first kappa shape index (κ1) is 14.9. The van der Waals surface area contributed by atoms with Crippen LogP contribution in [0.4, 0.5) is 0 Å². The lowest BCUT2D eigenvalue weighted by molar-refractivity contribution is 0.0449. The predicted molar refractivity (Wildman–Crippen MR) is 81.7 cm³/mol. The molecule has 0 N–H and O–H groups in total. The molecule has 2 saturated heterocycles. The molecule has 6 heteroatoms. The molecule has 0 bridgehead atoms. The zero-order chi connectivity index (χ0) is 15.0. The number of thioether (sulfide) groups is 1. The number of ether oxygens (including phenoxy) is 1. The topological polar surface area (TPSA) is 55.6 Å². The van der Waals surface area contributed by atoms with Crippen LogP contribution in [0.2, 0.25) is 0 Å². The van der Waals surface area contributed by atoms with Crippen LogP contribution in [0.5, 0.6) is 0 Å². The van der Waals surface area contributed by atoms with Crippen molar-refractivity contribution in [2.75, 3.05) is 26.0 Å². The molecule has 1 amide bonds. The van der Waals surface area contributed by atoms with Crippen molar-refractivity contribution >= 4 is 17.7 Å². The number of hydrogen-bond acceptors (Lipinski definition) is 5. The van der Waals surface area contributed by atoms with E-state index in [0.717, 1.165) is 43.9 Å². The Morgan fingerprint density at radius 3 is 2.95 bits per heavy atom. The third-order valence-corrected chi connectivity index (χ3v) is 5.95. The fourth-order valence-electron chi connectivity index (χ4n) is 3.21. The van der Waals surface area contributed by atoms with Gasteiger partial charge < -0.3 is 14.2 Å². The number of rotatable bonds is 4. The van der Waals surface area contributed by atoms with Crippen LogP contribution < -0.4 is 0 Å². The summed E-state index contributed by atoms with van der Waals surface area (Å²) in [5.41, 5.74) is 1.39. The van der Waals surface area contributed by atoms with Gasteiger partial charge in [0.1, 0.15) is 11.3 Å². The summed E-state index contributed by atoms with van der Waals surface area (Å²) in [7, 11) is 1.77. The first-order valence-electron chi connectivity index (χ1n) is 7.50. The van der Waals surface area contributed by atoms with Gasteiger partial charge in [-0.2, -0.15) is 0 Å². The Kier molecular flexibility index (Phi) is 4.01.